The van der Waals surface area contributed by atoms with E-state index in [0.29, 0.717) is 31.9 Å². The lowest BCUT2D eigenvalue weighted by atomic mass is 10.2. The van der Waals surface area contributed by atoms with Crippen LogP contribution in [0.15, 0.2) is 78.9 Å². The molecule has 4 rings (SSSR count). The van der Waals surface area contributed by atoms with Crippen molar-refractivity contribution < 1.29 is 14.3 Å². The largest absolute Gasteiger partial charge is 0.492 e. The third kappa shape index (κ3) is 5.66. The van der Waals surface area contributed by atoms with Gasteiger partial charge >= 0.3 is 0 Å². The van der Waals surface area contributed by atoms with Crippen LogP contribution in [-0.2, 0) is 17.8 Å². The zero-order valence-corrected chi connectivity index (χ0v) is 18.2. The van der Waals surface area contributed by atoms with Gasteiger partial charge in [0.2, 0.25) is 0 Å². The number of carbonyl (C=O) groups excluding carboxylic acids is 1. The van der Waals surface area contributed by atoms with Crippen molar-refractivity contribution in [2.45, 2.75) is 19.9 Å². The van der Waals surface area contributed by atoms with Crippen LogP contribution < -0.4 is 14.8 Å². The average Bonchev–Trinajstić information content (AvgIpc) is 3.16. The molecule has 32 heavy (non-hydrogen) atoms. The first kappa shape index (κ1) is 21.4. The van der Waals surface area contributed by atoms with Crippen molar-refractivity contribution in [3.05, 3.63) is 90.3 Å². The van der Waals surface area contributed by atoms with E-state index in [0.717, 1.165) is 22.6 Å². The molecule has 0 aliphatic heterocycles. The van der Waals surface area contributed by atoms with Crippen LogP contribution in [-0.4, -0.2) is 35.2 Å². The summed E-state index contributed by atoms with van der Waals surface area (Å²) in [7, 11) is 0. The summed E-state index contributed by atoms with van der Waals surface area (Å²) >= 11 is 0. The highest BCUT2D eigenvalue weighted by Gasteiger charge is 2.11. The molecule has 6 nitrogen and oxygen atoms in total. The Hall–Kier alpha value is -3.80. The fourth-order valence-electron chi connectivity index (χ4n) is 3.56. The van der Waals surface area contributed by atoms with E-state index in [4.69, 9.17) is 14.5 Å². The molecule has 1 aromatic heterocycles. The summed E-state index contributed by atoms with van der Waals surface area (Å²) in [5.74, 6) is 2.31. The number of imidazole rings is 1. The minimum atomic E-state index is -0.153. The van der Waals surface area contributed by atoms with Crippen molar-refractivity contribution in [2.24, 2.45) is 0 Å². The first-order valence-corrected chi connectivity index (χ1v) is 10.8. The van der Waals surface area contributed by atoms with Gasteiger partial charge in [-0.05, 0) is 48.9 Å². The van der Waals surface area contributed by atoms with Gasteiger partial charge < -0.3 is 19.4 Å². The number of aryl methyl sites for hydroxylation is 1. The van der Waals surface area contributed by atoms with Gasteiger partial charge in [0.15, 0.2) is 6.61 Å². The molecule has 1 amide bonds. The molecule has 0 unspecified atom stereocenters. The number of nitrogens with one attached hydrogen (secondary N) is 1. The Morgan fingerprint density at radius 3 is 2.56 bits per heavy atom. The molecular weight excluding hydrogens is 402 g/mol. The number of rotatable bonds is 10. The van der Waals surface area contributed by atoms with Crippen LogP contribution >= 0.6 is 0 Å². The number of amides is 1. The quantitative estimate of drug-likeness (QED) is 0.411. The first-order chi connectivity index (χ1) is 15.7. The second-order valence-corrected chi connectivity index (χ2v) is 7.54. The molecule has 6 heteroatoms. The standard InChI is InChI=1S/C26H27N3O3/c1-20-8-7-11-22(18-20)31-17-16-29-24-13-6-5-12-23(24)28-25(29)14-15-27-26(30)19-32-21-9-3-2-4-10-21/h2-13,18H,14-17,19H2,1H3,(H,27,30). The van der Waals surface area contributed by atoms with E-state index in [1.165, 1.54) is 5.56 Å². The molecular formula is C26H27N3O3. The highest BCUT2D eigenvalue weighted by Crippen LogP contribution is 2.17. The maximum atomic E-state index is 12.1. The van der Waals surface area contributed by atoms with Gasteiger partial charge in [0.25, 0.3) is 5.91 Å². The van der Waals surface area contributed by atoms with Crippen LogP contribution in [0.2, 0.25) is 0 Å². The summed E-state index contributed by atoms with van der Waals surface area (Å²) in [6, 6.07) is 25.4. The van der Waals surface area contributed by atoms with Gasteiger partial charge in [-0.15, -0.1) is 0 Å². The Balaban J connectivity index is 1.34. The van der Waals surface area contributed by atoms with Gasteiger partial charge in [0.05, 0.1) is 17.6 Å². The Morgan fingerprint density at radius 1 is 0.938 bits per heavy atom. The van der Waals surface area contributed by atoms with Crippen LogP contribution in [0.3, 0.4) is 0 Å². The van der Waals surface area contributed by atoms with Crippen molar-refractivity contribution in [1.29, 1.82) is 0 Å². The van der Waals surface area contributed by atoms with Crippen LogP contribution in [0.5, 0.6) is 11.5 Å². The molecule has 0 bridgehead atoms. The molecule has 1 N–H and O–H groups in total. The number of nitrogens with zero attached hydrogens (tertiary/aromatic N) is 2. The third-order valence-electron chi connectivity index (χ3n) is 5.09. The van der Waals surface area contributed by atoms with Crippen molar-refractivity contribution >= 4 is 16.9 Å². The molecule has 0 saturated heterocycles. The number of carbonyl (C=O) groups is 1. The maximum absolute atomic E-state index is 12.1. The molecule has 0 radical (unpaired) electrons. The van der Waals surface area contributed by atoms with Gasteiger partial charge in [0, 0.05) is 13.0 Å². The van der Waals surface area contributed by atoms with Crippen molar-refractivity contribution in [2.75, 3.05) is 19.8 Å². The predicted molar refractivity (Wildman–Crippen MR) is 125 cm³/mol. The zero-order chi connectivity index (χ0) is 22.2. The third-order valence-corrected chi connectivity index (χ3v) is 5.09. The number of para-hydroxylation sites is 3. The Bertz CT molecular complexity index is 1170. The molecule has 0 saturated carbocycles. The number of hydrogen-bond donors (Lipinski definition) is 1. The number of ether oxygens (including phenoxy) is 2. The molecule has 0 fully saturated rings. The molecule has 0 atom stereocenters. The van der Waals surface area contributed by atoms with Crippen molar-refractivity contribution in [3.8, 4) is 11.5 Å². The van der Waals surface area contributed by atoms with Gasteiger partial charge in [-0.1, -0.05) is 42.5 Å². The summed E-state index contributed by atoms with van der Waals surface area (Å²) in [6.07, 6.45) is 0.621. The molecule has 0 aliphatic carbocycles. The summed E-state index contributed by atoms with van der Waals surface area (Å²) in [5, 5.41) is 2.91. The fraction of sp³-hybridized carbons (Fsp3) is 0.231. The average molecular weight is 430 g/mol. The molecule has 0 spiro atoms. The summed E-state index contributed by atoms with van der Waals surface area (Å²) < 4.78 is 13.6. The van der Waals surface area contributed by atoms with E-state index in [-0.39, 0.29) is 12.5 Å². The Labute approximate surface area is 187 Å². The number of fused-ring (bicyclic) bond motifs is 1. The van der Waals surface area contributed by atoms with E-state index in [9.17, 15) is 4.79 Å². The monoisotopic (exact) mass is 429 g/mol. The number of benzene rings is 3. The van der Waals surface area contributed by atoms with E-state index >= 15 is 0 Å². The smallest absolute Gasteiger partial charge is 0.257 e. The molecule has 4 aromatic rings. The van der Waals surface area contributed by atoms with E-state index < -0.39 is 0 Å². The molecule has 164 valence electrons. The van der Waals surface area contributed by atoms with Crippen molar-refractivity contribution in [3.63, 3.8) is 0 Å². The van der Waals surface area contributed by atoms with Gasteiger partial charge in [-0.25, -0.2) is 4.98 Å². The number of hydrogen-bond acceptors (Lipinski definition) is 4. The predicted octanol–water partition coefficient (Wildman–Crippen LogP) is 4.16. The lowest BCUT2D eigenvalue weighted by molar-refractivity contribution is -0.123. The highest BCUT2D eigenvalue weighted by atomic mass is 16.5. The van der Waals surface area contributed by atoms with Crippen molar-refractivity contribution in [1.82, 2.24) is 14.9 Å². The minimum Gasteiger partial charge on any atom is -0.492 e. The molecule has 1 heterocycles. The lowest BCUT2D eigenvalue weighted by Gasteiger charge is -2.12. The zero-order valence-electron chi connectivity index (χ0n) is 18.2. The normalized spacial score (nSPS) is 10.8. The maximum Gasteiger partial charge on any atom is 0.257 e. The van der Waals surface area contributed by atoms with Gasteiger partial charge in [0.1, 0.15) is 23.9 Å². The first-order valence-electron chi connectivity index (χ1n) is 10.8. The second kappa shape index (κ2) is 10.5. The summed E-state index contributed by atoms with van der Waals surface area (Å²) in [6.45, 7) is 3.74. The van der Waals surface area contributed by atoms with Gasteiger partial charge in [-0.2, -0.15) is 0 Å². The van der Waals surface area contributed by atoms with E-state index in [1.807, 2.05) is 79.7 Å². The second-order valence-electron chi connectivity index (χ2n) is 7.54. The number of aromatic nitrogens is 2. The molecule has 0 aliphatic rings. The fourth-order valence-corrected chi connectivity index (χ4v) is 3.56. The summed E-state index contributed by atoms with van der Waals surface area (Å²) in [5.41, 5.74) is 3.18. The van der Waals surface area contributed by atoms with Crippen LogP contribution in [0.1, 0.15) is 11.4 Å². The SMILES string of the molecule is Cc1cccc(OCCn2c(CCNC(=O)COc3ccccc3)nc3ccccc32)c1. The van der Waals surface area contributed by atoms with E-state index in [2.05, 4.69) is 16.0 Å². The van der Waals surface area contributed by atoms with Crippen LogP contribution in [0.25, 0.3) is 11.0 Å². The highest BCUT2D eigenvalue weighted by molar-refractivity contribution is 5.77. The van der Waals surface area contributed by atoms with Crippen LogP contribution in [0, 0.1) is 6.92 Å². The summed E-state index contributed by atoms with van der Waals surface area (Å²) in [4.78, 5) is 16.9. The van der Waals surface area contributed by atoms with E-state index in [1.54, 1.807) is 0 Å². The van der Waals surface area contributed by atoms with Crippen LogP contribution in [0.4, 0.5) is 0 Å². The Kier molecular flexibility index (Phi) is 7.02. The minimum absolute atomic E-state index is 0.00916. The lowest BCUT2D eigenvalue weighted by Crippen LogP contribution is -2.31. The van der Waals surface area contributed by atoms with Gasteiger partial charge in [-0.3, -0.25) is 4.79 Å². The topological polar surface area (TPSA) is 65.4 Å². The Morgan fingerprint density at radius 2 is 1.72 bits per heavy atom. The molecule has 3 aromatic carbocycles.